The van der Waals surface area contributed by atoms with Crippen LogP contribution in [0, 0.1) is 5.82 Å². The van der Waals surface area contributed by atoms with Gasteiger partial charge in [0.05, 0.1) is 5.69 Å². The second kappa shape index (κ2) is 7.62. The summed E-state index contributed by atoms with van der Waals surface area (Å²) in [7, 11) is 0.745. The van der Waals surface area contributed by atoms with Gasteiger partial charge in [-0.05, 0) is 42.0 Å². The van der Waals surface area contributed by atoms with Crippen molar-refractivity contribution in [1.29, 1.82) is 0 Å². The van der Waals surface area contributed by atoms with E-state index in [9.17, 15) is 17.6 Å². The Hall–Kier alpha value is -2.45. The molecular formula is C17H20FN3O3S. The molecule has 0 unspecified atom stereocenters. The van der Waals surface area contributed by atoms with Gasteiger partial charge in [-0.15, -0.1) is 0 Å². The van der Waals surface area contributed by atoms with Gasteiger partial charge < -0.3 is 5.32 Å². The summed E-state index contributed by atoms with van der Waals surface area (Å²) in [6.07, 6.45) is 0. The van der Waals surface area contributed by atoms with E-state index in [1.165, 1.54) is 45.4 Å². The Morgan fingerprint density at radius 1 is 1.08 bits per heavy atom. The van der Waals surface area contributed by atoms with Crippen LogP contribution in [-0.2, 0) is 16.8 Å². The molecule has 0 aromatic heterocycles. The number of carbonyl (C=O) groups is 1. The molecule has 6 nitrogen and oxygen atoms in total. The lowest BCUT2D eigenvalue weighted by Gasteiger charge is -2.23. The van der Waals surface area contributed by atoms with E-state index in [0.717, 1.165) is 8.61 Å². The number of carbonyl (C=O) groups excluding carboxylic acids is 1. The third kappa shape index (κ3) is 4.55. The molecule has 0 fully saturated rings. The van der Waals surface area contributed by atoms with E-state index in [4.69, 9.17) is 0 Å². The van der Waals surface area contributed by atoms with Crippen molar-refractivity contribution in [2.45, 2.75) is 6.54 Å². The van der Waals surface area contributed by atoms with Gasteiger partial charge in [-0.3, -0.25) is 9.10 Å². The molecule has 8 heteroatoms. The first-order chi connectivity index (χ1) is 11.7. The quantitative estimate of drug-likeness (QED) is 0.851. The number of hydrogen-bond acceptors (Lipinski definition) is 3. The van der Waals surface area contributed by atoms with Crippen LogP contribution in [0.25, 0.3) is 0 Å². The highest BCUT2D eigenvalue weighted by Crippen LogP contribution is 2.18. The van der Waals surface area contributed by atoms with E-state index in [1.807, 2.05) is 0 Å². The van der Waals surface area contributed by atoms with Gasteiger partial charge in [-0.1, -0.05) is 12.1 Å². The van der Waals surface area contributed by atoms with Crippen molar-refractivity contribution in [1.82, 2.24) is 9.62 Å². The van der Waals surface area contributed by atoms with Gasteiger partial charge in [0.15, 0.2) is 0 Å². The molecular weight excluding hydrogens is 345 g/mol. The van der Waals surface area contributed by atoms with Gasteiger partial charge in [-0.25, -0.2) is 4.39 Å². The van der Waals surface area contributed by atoms with Crippen LogP contribution in [0.2, 0.25) is 0 Å². The minimum absolute atomic E-state index is 0.202. The van der Waals surface area contributed by atoms with Crippen LogP contribution >= 0.6 is 0 Å². The first-order valence-electron chi connectivity index (χ1n) is 7.51. The standard InChI is InChI=1S/C17H20FN3O3S/c1-20(2)25(23,24)21(3)16-9-7-14(8-10-16)17(22)19-12-13-5-4-6-15(18)11-13/h4-11H,12H2,1-3H3,(H,19,22). The number of rotatable bonds is 6. The van der Waals surface area contributed by atoms with Gasteiger partial charge >= 0.3 is 10.2 Å². The summed E-state index contributed by atoms with van der Waals surface area (Å²) in [4.78, 5) is 12.1. The molecule has 0 spiro atoms. The average molecular weight is 365 g/mol. The lowest BCUT2D eigenvalue weighted by molar-refractivity contribution is 0.0951. The fraction of sp³-hybridized carbons (Fsp3) is 0.235. The van der Waals surface area contributed by atoms with E-state index in [2.05, 4.69) is 5.32 Å². The Morgan fingerprint density at radius 2 is 1.72 bits per heavy atom. The molecule has 134 valence electrons. The van der Waals surface area contributed by atoms with Crippen LogP contribution in [0.4, 0.5) is 10.1 Å². The maximum atomic E-state index is 13.1. The summed E-state index contributed by atoms with van der Waals surface area (Å²) in [5.74, 6) is -0.685. The Labute approximate surface area is 147 Å². The third-order valence-electron chi connectivity index (χ3n) is 3.64. The molecule has 0 saturated carbocycles. The monoisotopic (exact) mass is 365 g/mol. The third-order valence-corrected chi connectivity index (χ3v) is 5.47. The largest absolute Gasteiger partial charge is 0.348 e. The zero-order valence-corrected chi connectivity index (χ0v) is 15.0. The van der Waals surface area contributed by atoms with Gasteiger partial charge in [0.25, 0.3) is 5.91 Å². The predicted molar refractivity (Wildman–Crippen MR) is 95.0 cm³/mol. The molecule has 0 aliphatic carbocycles. The molecule has 0 atom stereocenters. The number of nitrogens with zero attached hydrogens (tertiary/aromatic N) is 2. The minimum Gasteiger partial charge on any atom is -0.348 e. The number of hydrogen-bond donors (Lipinski definition) is 1. The van der Waals surface area contributed by atoms with Crippen molar-refractivity contribution in [3.63, 3.8) is 0 Å². The molecule has 1 N–H and O–H groups in total. The second-order valence-corrected chi connectivity index (χ2v) is 7.79. The molecule has 1 amide bonds. The SMILES string of the molecule is CN(C)S(=O)(=O)N(C)c1ccc(C(=O)NCc2cccc(F)c2)cc1. The fourth-order valence-corrected chi connectivity index (χ4v) is 3.01. The van der Waals surface area contributed by atoms with Crippen molar-refractivity contribution >= 4 is 21.8 Å². The summed E-state index contributed by atoms with van der Waals surface area (Å²) in [5, 5.41) is 2.69. The summed E-state index contributed by atoms with van der Waals surface area (Å²) in [5.41, 5.74) is 1.48. The molecule has 2 aromatic rings. The Kier molecular flexibility index (Phi) is 5.76. The molecule has 0 saturated heterocycles. The molecule has 0 radical (unpaired) electrons. The normalized spacial score (nSPS) is 11.4. The topological polar surface area (TPSA) is 69.7 Å². The number of halogens is 1. The summed E-state index contributed by atoms with van der Waals surface area (Å²) < 4.78 is 39.5. The van der Waals surface area contributed by atoms with Crippen LogP contribution < -0.4 is 9.62 Å². The van der Waals surface area contributed by atoms with Crippen molar-refractivity contribution in [3.8, 4) is 0 Å². The molecule has 0 bridgehead atoms. The number of nitrogens with one attached hydrogen (secondary N) is 1. The highest BCUT2D eigenvalue weighted by Gasteiger charge is 2.21. The highest BCUT2D eigenvalue weighted by atomic mass is 32.2. The maximum absolute atomic E-state index is 13.1. The lowest BCUT2D eigenvalue weighted by atomic mass is 10.1. The molecule has 2 aromatic carbocycles. The number of anilines is 1. The number of benzene rings is 2. The second-order valence-electron chi connectivity index (χ2n) is 5.62. The molecule has 2 rings (SSSR count). The van der Waals surface area contributed by atoms with E-state index in [-0.39, 0.29) is 18.3 Å². The van der Waals surface area contributed by atoms with Crippen LogP contribution in [0.15, 0.2) is 48.5 Å². The van der Waals surface area contributed by atoms with E-state index in [1.54, 1.807) is 24.3 Å². The first-order valence-corrected chi connectivity index (χ1v) is 8.90. The lowest BCUT2D eigenvalue weighted by Crippen LogP contribution is -2.37. The molecule has 0 aliphatic heterocycles. The van der Waals surface area contributed by atoms with Gasteiger partial charge in [0.2, 0.25) is 0 Å². The number of amides is 1. The van der Waals surface area contributed by atoms with Gasteiger partial charge in [0, 0.05) is 33.3 Å². The van der Waals surface area contributed by atoms with Gasteiger partial charge in [0.1, 0.15) is 5.82 Å². The Balaban J connectivity index is 2.05. The Morgan fingerprint density at radius 3 is 2.28 bits per heavy atom. The average Bonchev–Trinajstić information content (AvgIpc) is 2.59. The van der Waals surface area contributed by atoms with Crippen molar-refractivity contribution < 1.29 is 17.6 Å². The van der Waals surface area contributed by atoms with E-state index < -0.39 is 10.2 Å². The van der Waals surface area contributed by atoms with Crippen molar-refractivity contribution in [2.75, 3.05) is 25.4 Å². The van der Waals surface area contributed by atoms with Gasteiger partial charge in [-0.2, -0.15) is 12.7 Å². The molecule has 0 aliphatic rings. The zero-order valence-electron chi connectivity index (χ0n) is 14.2. The highest BCUT2D eigenvalue weighted by molar-refractivity contribution is 7.90. The smallest absolute Gasteiger partial charge is 0.303 e. The zero-order chi connectivity index (χ0) is 18.6. The molecule has 0 heterocycles. The summed E-state index contributed by atoms with van der Waals surface area (Å²) >= 11 is 0. The predicted octanol–water partition coefficient (Wildman–Crippen LogP) is 2.00. The van der Waals surface area contributed by atoms with E-state index in [0.29, 0.717) is 16.8 Å². The van der Waals surface area contributed by atoms with Crippen molar-refractivity contribution in [2.24, 2.45) is 0 Å². The van der Waals surface area contributed by atoms with E-state index >= 15 is 0 Å². The summed E-state index contributed by atoms with van der Waals surface area (Å²) in [6, 6.07) is 12.2. The Bertz CT molecular complexity index is 852. The van der Waals surface area contributed by atoms with Crippen LogP contribution in [0.3, 0.4) is 0 Å². The fourth-order valence-electron chi connectivity index (χ4n) is 2.13. The first kappa shape index (κ1) is 18.9. The van der Waals surface area contributed by atoms with Crippen molar-refractivity contribution in [3.05, 3.63) is 65.5 Å². The molecule has 25 heavy (non-hydrogen) atoms. The van der Waals surface area contributed by atoms with Crippen LogP contribution in [0.5, 0.6) is 0 Å². The maximum Gasteiger partial charge on any atom is 0.303 e. The minimum atomic E-state index is -3.58. The van der Waals surface area contributed by atoms with Crippen LogP contribution in [0.1, 0.15) is 15.9 Å². The summed E-state index contributed by atoms with van der Waals surface area (Å²) in [6.45, 7) is 0.202. The van der Waals surface area contributed by atoms with Crippen LogP contribution in [-0.4, -0.2) is 39.8 Å².